The number of hydrogen-bond acceptors (Lipinski definition) is 5. The third-order valence-corrected chi connectivity index (χ3v) is 5.24. The lowest BCUT2D eigenvalue weighted by Gasteiger charge is -2.16. The molecule has 0 unspecified atom stereocenters. The number of anilines is 1. The number of carboxylic acids is 1. The zero-order valence-electron chi connectivity index (χ0n) is 18.8. The summed E-state index contributed by atoms with van der Waals surface area (Å²) in [5.74, 6) is -25.7. The maximum Gasteiger partial charge on any atom is 0.335 e. The molecule has 4 aromatic carbocycles. The van der Waals surface area contributed by atoms with Crippen LogP contribution in [-0.4, -0.2) is 16.2 Å². The van der Waals surface area contributed by atoms with Crippen LogP contribution in [-0.2, 0) is 0 Å². The van der Waals surface area contributed by atoms with Crippen LogP contribution in [0.3, 0.4) is 0 Å². The minimum Gasteiger partial charge on any atom is -0.506 e. The van der Waals surface area contributed by atoms with Crippen molar-refractivity contribution in [2.24, 2.45) is 0 Å². The number of aromatic hydroxyl groups is 1. The number of benzene rings is 4. The van der Waals surface area contributed by atoms with Crippen LogP contribution in [0.5, 0.6) is 28.7 Å². The summed E-state index contributed by atoms with van der Waals surface area (Å²) in [6.45, 7) is 0. The van der Waals surface area contributed by atoms with Crippen molar-refractivity contribution >= 4 is 11.7 Å². The molecular weight excluding hydrogens is 546 g/mol. The molecule has 4 N–H and O–H groups in total. The molecule has 4 aromatic rings. The molecule has 39 heavy (non-hydrogen) atoms. The Labute approximate surface area is 212 Å². The number of aromatic carboxylic acids is 1. The average Bonchev–Trinajstić information content (AvgIpc) is 2.91. The number of halogens is 8. The van der Waals surface area contributed by atoms with Crippen LogP contribution in [0.2, 0.25) is 0 Å². The number of nitrogen functional groups attached to an aromatic ring is 1. The second-order valence-electron chi connectivity index (χ2n) is 7.67. The van der Waals surface area contributed by atoms with Crippen LogP contribution in [0.1, 0.15) is 10.4 Å². The van der Waals surface area contributed by atoms with Gasteiger partial charge >= 0.3 is 5.97 Å². The number of carboxylic acid groups (broad SMARTS) is 1. The second kappa shape index (κ2) is 10.0. The third kappa shape index (κ3) is 4.71. The lowest BCUT2D eigenvalue weighted by Crippen LogP contribution is -2.09. The van der Waals surface area contributed by atoms with Gasteiger partial charge in [-0.1, -0.05) is 0 Å². The largest absolute Gasteiger partial charge is 0.506 e. The van der Waals surface area contributed by atoms with Crippen LogP contribution < -0.4 is 15.2 Å². The predicted octanol–water partition coefficient (Wildman–Crippen LogP) is 7.04. The standard InChI is InChI=1S/C25H11F8NO5/c26-15-13(16(27)20(31)23(19(15)30)38-9-3-1-8(2-4-9)25(36)37)14-17(28)21(32)24(22(33)18(14)29)39-10-5-6-11(34)12(35)7-10/h1-7,35H,34H2,(H,36,37). The van der Waals surface area contributed by atoms with Gasteiger partial charge in [0.05, 0.1) is 22.4 Å². The van der Waals surface area contributed by atoms with E-state index >= 15 is 0 Å². The normalized spacial score (nSPS) is 11.0. The van der Waals surface area contributed by atoms with Crippen molar-refractivity contribution in [3.63, 3.8) is 0 Å². The Morgan fingerprint density at radius 3 is 1.38 bits per heavy atom. The van der Waals surface area contributed by atoms with Crippen molar-refractivity contribution in [3.8, 4) is 39.9 Å². The Kier molecular flexibility index (Phi) is 6.96. The Balaban J connectivity index is 1.82. The van der Waals surface area contributed by atoms with Gasteiger partial charge in [-0.05, 0) is 36.4 Å². The van der Waals surface area contributed by atoms with Gasteiger partial charge in [0.15, 0.2) is 23.3 Å². The molecule has 0 aliphatic heterocycles. The number of phenols is 1. The molecule has 0 spiro atoms. The van der Waals surface area contributed by atoms with Gasteiger partial charge in [0.25, 0.3) is 0 Å². The average molecular weight is 557 g/mol. The zero-order chi connectivity index (χ0) is 28.8. The van der Waals surface area contributed by atoms with Gasteiger partial charge in [-0.2, -0.15) is 17.6 Å². The third-order valence-electron chi connectivity index (χ3n) is 5.24. The Bertz CT molecular complexity index is 1590. The lowest BCUT2D eigenvalue weighted by molar-refractivity contribution is 0.0697. The fourth-order valence-corrected chi connectivity index (χ4v) is 3.33. The van der Waals surface area contributed by atoms with E-state index in [0.29, 0.717) is 0 Å². The van der Waals surface area contributed by atoms with E-state index in [0.717, 1.165) is 42.5 Å². The molecular formula is C25H11F8NO5. The summed E-state index contributed by atoms with van der Waals surface area (Å²) in [4.78, 5) is 10.9. The summed E-state index contributed by atoms with van der Waals surface area (Å²) < 4.78 is 127. The molecule has 0 radical (unpaired) electrons. The smallest absolute Gasteiger partial charge is 0.335 e. The number of carbonyl (C=O) groups is 1. The van der Waals surface area contributed by atoms with Gasteiger partial charge in [-0.25, -0.2) is 22.4 Å². The predicted molar refractivity (Wildman–Crippen MR) is 118 cm³/mol. The van der Waals surface area contributed by atoms with Crippen LogP contribution in [0.25, 0.3) is 11.1 Å². The molecule has 0 fully saturated rings. The van der Waals surface area contributed by atoms with E-state index in [1.807, 2.05) is 0 Å². The van der Waals surface area contributed by atoms with E-state index in [2.05, 4.69) is 0 Å². The fraction of sp³-hybridized carbons (Fsp3) is 0. The Morgan fingerprint density at radius 2 is 1.00 bits per heavy atom. The maximum atomic E-state index is 14.8. The summed E-state index contributed by atoms with van der Waals surface area (Å²) in [5, 5.41) is 18.4. The summed E-state index contributed by atoms with van der Waals surface area (Å²) in [6, 6.07) is 6.33. The van der Waals surface area contributed by atoms with E-state index in [4.69, 9.17) is 20.3 Å². The second-order valence-corrected chi connectivity index (χ2v) is 7.67. The molecule has 0 atom stereocenters. The molecule has 0 heterocycles. The minimum atomic E-state index is -2.47. The number of nitrogens with two attached hydrogens (primary N) is 1. The molecule has 0 saturated carbocycles. The van der Waals surface area contributed by atoms with E-state index in [9.17, 15) is 45.0 Å². The number of rotatable bonds is 6. The first-order valence-electron chi connectivity index (χ1n) is 10.3. The van der Waals surface area contributed by atoms with Gasteiger partial charge in [-0.3, -0.25) is 0 Å². The maximum absolute atomic E-state index is 14.8. The first-order valence-corrected chi connectivity index (χ1v) is 10.3. The molecule has 6 nitrogen and oxygen atoms in total. The van der Waals surface area contributed by atoms with Gasteiger partial charge < -0.3 is 25.4 Å². The van der Waals surface area contributed by atoms with Gasteiger partial charge in [0.2, 0.25) is 34.8 Å². The van der Waals surface area contributed by atoms with Crippen molar-refractivity contribution in [2.45, 2.75) is 0 Å². The fourth-order valence-electron chi connectivity index (χ4n) is 3.33. The molecule has 0 amide bonds. The molecule has 202 valence electrons. The van der Waals surface area contributed by atoms with Crippen molar-refractivity contribution in [3.05, 3.63) is 94.6 Å². The lowest BCUT2D eigenvalue weighted by atomic mass is 10.0. The van der Waals surface area contributed by atoms with Crippen LogP contribution in [0.15, 0.2) is 42.5 Å². The SMILES string of the molecule is Nc1ccc(Oc2c(F)c(F)c(-c3c(F)c(F)c(Oc4ccc(C(=O)O)cc4)c(F)c3F)c(F)c2F)cc1O. The molecule has 4 rings (SSSR count). The van der Waals surface area contributed by atoms with Gasteiger partial charge in [-0.15, -0.1) is 0 Å². The summed E-state index contributed by atoms with van der Waals surface area (Å²) in [6.07, 6.45) is 0. The summed E-state index contributed by atoms with van der Waals surface area (Å²) in [7, 11) is 0. The van der Waals surface area contributed by atoms with Crippen molar-refractivity contribution in [2.75, 3.05) is 5.73 Å². The van der Waals surface area contributed by atoms with Crippen LogP contribution in [0.4, 0.5) is 40.8 Å². The number of hydrogen-bond donors (Lipinski definition) is 3. The topological polar surface area (TPSA) is 102 Å². The highest BCUT2D eigenvalue weighted by Gasteiger charge is 2.35. The molecule has 0 aliphatic rings. The quantitative estimate of drug-likeness (QED) is 0.102. The Morgan fingerprint density at radius 1 is 0.615 bits per heavy atom. The monoisotopic (exact) mass is 557 g/mol. The van der Waals surface area contributed by atoms with E-state index < -0.39 is 92.4 Å². The molecule has 0 aliphatic carbocycles. The minimum absolute atomic E-state index is 0.185. The number of ether oxygens (including phenoxy) is 2. The van der Waals surface area contributed by atoms with E-state index in [1.165, 1.54) is 0 Å². The summed E-state index contributed by atoms with van der Waals surface area (Å²) >= 11 is 0. The van der Waals surface area contributed by atoms with Crippen LogP contribution >= 0.6 is 0 Å². The van der Waals surface area contributed by atoms with Gasteiger partial charge in [0.1, 0.15) is 17.2 Å². The van der Waals surface area contributed by atoms with E-state index in [1.54, 1.807) is 0 Å². The van der Waals surface area contributed by atoms with E-state index in [-0.39, 0.29) is 11.3 Å². The van der Waals surface area contributed by atoms with Crippen molar-refractivity contribution < 1.29 is 59.6 Å². The molecule has 0 saturated heterocycles. The molecule has 0 aromatic heterocycles. The highest BCUT2D eigenvalue weighted by Crippen LogP contribution is 2.43. The molecule has 0 bridgehead atoms. The molecule has 14 heteroatoms. The Hall–Kier alpha value is -5.01. The first-order chi connectivity index (χ1) is 18.3. The van der Waals surface area contributed by atoms with Crippen molar-refractivity contribution in [1.29, 1.82) is 0 Å². The van der Waals surface area contributed by atoms with Crippen molar-refractivity contribution in [1.82, 2.24) is 0 Å². The van der Waals surface area contributed by atoms with Gasteiger partial charge in [0, 0.05) is 6.07 Å². The first kappa shape index (κ1) is 27.0. The highest BCUT2D eigenvalue weighted by molar-refractivity contribution is 5.87. The van der Waals surface area contributed by atoms with Crippen LogP contribution in [0, 0.1) is 46.5 Å². The highest BCUT2D eigenvalue weighted by atomic mass is 19.2. The zero-order valence-corrected chi connectivity index (χ0v) is 18.8. The summed E-state index contributed by atoms with van der Waals surface area (Å²) in [5.41, 5.74) is 0.633. The number of phenolic OH excluding ortho intramolecular Hbond substituents is 1.